The summed E-state index contributed by atoms with van der Waals surface area (Å²) in [5.41, 5.74) is 1.28. The molecule has 2 saturated heterocycles. The van der Waals surface area contributed by atoms with Gasteiger partial charge in [-0.25, -0.2) is 4.98 Å². The van der Waals surface area contributed by atoms with Crippen molar-refractivity contribution in [3.05, 3.63) is 52.5 Å². The van der Waals surface area contributed by atoms with E-state index < -0.39 is 6.10 Å². The Morgan fingerprint density at radius 1 is 1.31 bits per heavy atom. The molecule has 0 bridgehead atoms. The van der Waals surface area contributed by atoms with Crippen molar-refractivity contribution in [3.63, 3.8) is 0 Å². The maximum absolute atomic E-state index is 12.0. The summed E-state index contributed by atoms with van der Waals surface area (Å²) in [5, 5.41) is 14.0. The Kier molecular flexibility index (Phi) is 5.07. The van der Waals surface area contributed by atoms with E-state index >= 15 is 0 Å². The number of carbonyl (C=O) groups excluding carboxylic acids is 1. The van der Waals surface area contributed by atoms with Crippen molar-refractivity contribution in [3.8, 4) is 0 Å². The maximum Gasteiger partial charge on any atom is 0.219 e. The van der Waals surface area contributed by atoms with E-state index in [1.165, 1.54) is 5.56 Å². The number of hydrogen-bond donors (Lipinski definition) is 1. The number of likely N-dealkylation sites (tertiary alicyclic amines) is 2. The monoisotopic (exact) mass is 371 g/mol. The van der Waals surface area contributed by atoms with Gasteiger partial charge in [-0.05, 0) is 12.0 Å². The number of amides is 1. The second-order valence-corrected chi connectivity index (χ2v) is 8.32. The summed E-state index contributed by atoms with van der Waals surface area (Å²) in [4.78, 5) is 20.8. The third kappa shape index (κ3) is 3.41. The van der Waals surface area contributed by atoms with Gasteiger partial charge in [0.25, 0.3) is 0 Å². The number of hydrogen-bond acceptors (Lipinski definition) is 5. The molecule has 4 rings (SSSR count). The highest BCUT2D eigenvalue weighted by Gasteiger charge is 2.48. The van der Waals surface area contributed by atoms with Crippen LogP contribution in [0, 0.1) is 5.92 Å². The lowest BCUT2D eigenvalue weighted by atomic mass is 9.81. The summed E-state index contributed by atoms with van der Waals surface area (Å²) in [5.74, 6) is 0.514. The molecule has 0 unspecified atom stereocenters. The molecule has 3 heterocycles. The fourth-order valence-electron chi connectivity index (χ4n) is 4.58. The van der Waals surface area contributed by atoms with E-state index in [9.17, 15) is 9.90 Å². The third-order valence-corrected chi connectivity index (χ3v) is 6.61. The molecule has 0 spiro atoms. The highest BCUT2D eigenvalue weighted by atomic mass is 32.1. The van der Waals surface area contributed by atoms with Crippen LogP contribution in [-0.2, 0) is 11.3 Å². The van der Waals surface area contributed by atoms with Gasteiger partial charge in [-0.15, -0.1) is 11.3 Å². The fraction of sp³-hybridized carbons (Fsp3) is 0.500. The lowest BCUT2D eigenvalue weighted by molar-refractivity contribution is -0.129. The molecular formula is C20H25N3O2S. The first-order valence-electron chi connectivity index (χ1n) is 9.24. The summed E-state index contributed by atoms with van der Waals surface area (Å²) < 4.78 is 0. The topological polar surface area (TPSA) is 56.7 Å². The smallest absolute Gasteiger partial charge is 0.219 e. The number of benzene rings is 1. The zero-order valence-electron chi connectivity index (χ0n) is 15.0. The Labute approximate surface area is 158 Å². The fourth-order valence-corrected chi connectivity index (χ4v) is 5.22. The molecule has 138 valence electrons. The molecule has 1 aromatic carbocycles. The van der Waals surface area contributed by atoms with Crippen molar-refractivity contribution in [1.29, 1.82) is 0 Å². The van der Waals surface area contributed by atoms with Gasteiger partial charge in [0.05, 0.1) is 12.6 Å². The SMILES string of the molecule is CC(=O)N1CC[C@@H](O)[C@@H]2[C@@H](C1)N(Cc1nccs1)C[C@H]2c1ccccc1. The van der Waals surface area contributed by atoms with Crippen molar-refractivity contribution >= 4 is 17.2 Å². The van der Waals surface area contributed by atoms with Crippen molar-refractivity contribution in [1.82, 2.24) is 14.8 Å². The molecule has 4 atom stereocenters. The van der Waals surface area contributed by atoms with Crippen molar-refractivity contribution in [2.45, 2.75) is 38.0 Å². The van der Waals surface area contributed by atoms with E-state index in [0.29, 0.717) is 19.5 Å². The van der Waals surface area contributed by atoms with Gasteiger partial charge in [0.1, 0.15) is 5.01 Å². The average Bonchev–Trinajstić information content (AvgIpc) is 3.23. The van der Waals surface area contributed by atoms with Gasteiger partial charge in [-0.1, -0.05) is 30.3 Å². The summed E-state index contributed by atoms with van der Waals surface area (Å²) >= 11 is 1.66. The molecule has 5 nitrogen and oxygen atoms in total. The normalized spacial score (nSPS) is 29.4. The van der Waals surface area contributed by atoms with Gasteiger partial charge in [0.15, 0.2) is 0 Å². The standard InChI is InChI=1S/C20H25N3O2S/c1-14(24)22-9-7-18(25)20-16(15-5-3-2-4-6-15)11-23(17(20)12-22)13-19-21-8-10-26-19/h2-6,8,10,16-18,20,25H,7,9,11-13H2,1H3/t16-,17+,18+,20-/m0/s1. The highest BCUT2D eigenvalue weighted by molar-refractivity contribution is 7.09. The molecule has 0 radical (unpaired) electrons. The van der Waals surface area contributed by atoms with E-state index in [2.05, 4.69) is 34.1 Å². The van der Waals surface area contributed by atoms with E-state index in [0.717, 1.165) is 18.1 Å². The first kappa shape index (κ1) is 17.6. The summed E-state index contributed by atoms with van der Waals surface area (Å²) in [7, 11) is 0. The third-order valence-electron chi connectivity index (χ3n) is 5.85. The molecule has 2 aliphatic heterocycles. The molecular weight excluding hydrogens is 346 g/mol. The van der Waals surface area contributed by atoms with Gasteiger partial charge in [0.2, 0.25) is 5.91 Å². The van der Waals surface area contributed by atoms with Crippen molar-refractivity contribution < 1.29 is 9.90 Å². The number of aliphatic hydroxyl groups excluding tert-OH is 1. The van der Waals surface area contributed by atoms with Crippen LogP contribution in [-0.4, -0.2) is 57.6 Å². The zero-order valence-corrected chi connectivity index (χ0v) is 15.8. The van der Waals surface area contributed by atoms with Gasteiger partial charge in [0, 0.05) is 56.0 Å². The maximum atomic E-state index is 12.0. The van der Waals surface area contributed by atoms with E-state index in [4.69, 9.17) is 0 Å². The average molecular weight is 372 g/mol. The minimum absolute atomic E-state index is 0.0928. The molecule has 0 saturated carbocycles. The molecule has 1 aromatic heterocycles. The van der Waals surface area contributed by atoms with E-state index in [1.807, 2.05) is 22.5 Å². The Bertz CT molecular complexity index is 737. The number of nitrogens with zero attached hydrogens (tertiary/aromatic N) is 3. The van der Waals surface area contributed by atoms with Crippen LogP contribution in [0.2, 0.25) is 0 Å². The van der Waals surface area contributed by atoms with Crippen LogP contribution in [0.1, 0.15) is 29.8 Å². The van der Waals surface area contributed by atoms with Gasteiger partial charge >= 0.3 is 0 Å². The number of aliphatic hydroxyl groups is 1. The second kappa shape index (κ2) is 7.47. The molecule has 2 aliphatic rings. The summed E-state index contributed by atoms with van der Waals surface area (Å²) in [6.07, 6.45) is 2.09. The van der Waals surface area contributed by atoms with Gasteiger partial charge < -0.3 is 10.0 Å². The molecule has 0 aliphatic carbocycles. The van der Waals surface area contributed by atoms with Crippen LogP contribution < -0.4 is 0 Å². The predicted molar refractivity (Wildman–Crippen MR) is 102 cm³/mol. The molecule has 6 heteroatoms. The predicted octanol–water partition coefficient (Wildman–Crippen LogP) is 2.34. The molecule has 1 N–H and O–H groups in total. The first-order chi connectivity index (χ1) is 12.6. The number of rotatable bonds is 3. The molecule has 2 aromatic rings. The summed E-state index contributed by atoms with van der Waals surface area (Å²) in [6, 6.07) is 10.6. The second-order valence-electron chi connectivity index (χ2n) is 7.34. The highest BCUT2D eigenvalue weighted by Crippen LogP contribution is 2.42. The van der Waals surface area contributed by atoms with Crippen LogP contribution in [0.5, 0.6) is 0 Å². The van der Waals surface area contributed by atoms with E-state index in [1.54, 1.807) is 18.3 Å². The van der Waals surface area contributed by atoms with Crippen LogP contribution in [0.4, 0.5) is 0 Å². The lowest BCUT2D eigenvalue weighted by Crippen LogP contribution is -2.43. The molecule has 1 amide bonds. The Balaban J connectivity index is 1.67. The number of carbonyl (C=O) groups is 1. The quantitative estimate of drug-likeness (QED) is 0.900. The van der Waals surface area contributed by atoms with Gasteiger partial charge in [-0.3, -0.25) is 9.69 Å². The minimum Gasteiger partial charge on any atom is -0.393 e. The minimum atomic E-state index is -0.393. The van der Waals surface area contributed by atoms with E-state index in [-0.39, 0.29) is 23.8 Å². The largest absolute Gasteiger partial charge is 0.393 e. The molecule has 26 heavy (non-hydrogen) atoms. The Morgan fingerprint density at radius 3 is 2.81 bits per heavy atom. The van der Waals surface area contributed by atoms with Crippen LogP contribution in [0.25, 0.3) is 0 Å². The van der Waals surface area contributed by atoms with Crippen LogP contribution in [0.15, 0.2) is 41.9 Å². The molecule has 2 fully saturated rings. The first-order valence-corrected chi connectivity index (χ1v) is 10.1. The van der Waals surface area contributed by atoms with Crippen LogP contribution >= 0.6 is 11.3 Å². The number of aromatic nitrogens is 1. The van der Waals surface area contributed by atoms with Gasteiger partial charge in [-0.2, -0.15) is 0 Å². The van der Waals surface area contributed by atoms with Crippen molar-refractivity contribution in [2.24, 2.45) is 5.92 Å². The number of fused-ring (bicyclic) bond motifs is 1. The zero-order chi connectivity index (χ0) is 18.1. The Morgan fingerprint density at radius 2 is 2.12 bits per heavy atom. The van der Waals surface area contributed by atoms with Crippen LogP contribution in [0.3, 0.4) is 0 Å². The van der Waals surface area contributed by atoms with Crippen molar-refractivity contribution in [2.75, 3.05) is 19.6 Å². The lowest BCUT2D eigenvalue weighted by Gasteiger charge is -2.31. The number of thiazole rings is 1. The Hall–Kier alpha value is -1.76. The summed E-state index contributed by atoms with van der Waals surface area (Å²) in [6.45, 7) is 4.62.